The van der Waals surface area contributed by atoms with Crippen molar-refractivity contribution >= 4 is 16.0 Å². The predicted molar refractivity (Wildman–Crippen MR) is 97.4 cm³/mol. The van der Waals surface area contributed by atoms with Crippen molar-refractivity contribution in [1.82, 2.24) is 14.2 Å². The summed E-state index contributed by atoms with van der Waals surface area (Å²) < 4.78 is 29.3. The Morgan fingerprint density at radius 1 is 1.31 bits per heavy atom. The molecule has 1 atom stereocenters. The summed E-state index contributed by atoms with van der Waals surface area (Å²) in [5, 5.41) is 9.10. The molecule has 1 aromatic carbocycles. The van der Waals surface area contributed by atoms with Gasteiger partial charge in [0.2, 0.25) is 10.0 Å². The number of piperidine rings is 1. The van der Waals surface area contributed by atoms with Gasteiger partial charge in [0.05, 0.1) is 0 Å². The van der Waals surface area contributed by atoms with Gasteiger partial charge in [0.1, 0.15) is 10.6 Å². The summed E-state index contributed by atoms with van der Waals surface area (Å²) in [6, 6.07) is 11.1. The molecule has 1 aliphatic heterocycles. The van der Waals surface area contributed by atoms with E-state index in [-0.39, 0.29) is 16.6 Å². The maximum atomic E-state index is 12.6. The number of carbonyl (C=O) groups is 1. The summed E-state index contributed by atoms with van der Waals surface area (Å²) in [6.45, 7) is 2.35. The van der Waals surface area contributed by atoms with Crippen molar-refractivity contribution in [3.63, 3.8) is 0 Å². The Hall–Kier alpha value is -2.16. The topological polar surface area (TPSA) is 91.6 Å². The van der Waals surface area contributed by atoms with E-state index in [2.05, 4.69) is 21.8 Å². The van der Waals surface area contributed by atoms with Gasteiger partial charge in [0.25, 0.3) is 0 Å². The average Bonchev–Trinajstić information content (AvgIpc) is 2.99. The minimum absolute atomic E-state index is 0.0161. The molecule has 140 valence electrons. The fraction of sp³-hybridized carbons (Fsp3) is 0.389. The van der Waals surface area contributed by atoms with E-state index in [1.165, 1.54) is 29.4 Å². The van der Waals surface area contributed by atoms with E-state index in [4.69, 9.17) is 5.11 Å². The molecule has 2 aromatic rings. The van der Waals surface area contributed by atoms with Gasteiger partial charge in [-0.1, -0.05) is 30.3 Å². The van der Waals surface area contributed by atoms with Crippen LogP contribution in [0.4, 0.5) is 0 Å². The Bertz CT molecular complexity index is 877. The molecule has 1 aromatic heterocycles. The van der Waals surface area contributed by atoms with Crippen LogP contribution in [0, 0.1) is 0 Å². The van der Waals surface area contributed by atoms with Crippen molar-refractivity contribution in [1.29, 1.82) is 0 Å². The quantitative estimate of drug-likeness (QED) is 0.799. The lowest BCUT2D eigenvalue weighted by molar-refractivity contribution is 0.0686. The number of carboxylic acids is 1. The third-order valence-electron chi connectivity index (χ3n) is 4.59. The predicted octanol–water partition coefficient (Wildman–Crippen LogP) is 1.67. The fourth-order valence-electron chi connectivity index (χ4n) is 3.32. The number of rotatable bonds is 6. The molecule has 2 heterocycles. The van der Waals surface area contributed by atoms with Crippen molar-refractivity contribution in [2.24, 2.45) is 7.05 Å². The molecule has 8 heteroatoms. The molecule has 0 amide bonds. The lowest BCUT2D eigenvalue weighted by Gasteiger charge is -2.32. The van der Waals surface area contributed by atoms with Gasteiger partial charge in [-0.15, -0.1) is 0 Å². The van der Waals surface area contributed by atoms with Crippen LogP contribution in [-0.2, 0) is 23.6 Å². The third-order valence-corrected chi connectivity index (χ3v) is 6.07. The van der Waals surface area contributed by atoms with E-state index in [1.807, 2.05) is 18.2 Å². The summed E-state index contributed by atoms with van der Waals surface area (Å²) in [5.74, 6) is -1.15. The summed E-state index contributed by atoms with van der Waals surface area (Å²) in [7, 11) is -2.23. The largest absolute Gasteiger partial charge is 0.477 e. The maximum Gasteiger partial charge on any atom is 0.352 e. The van der Waals surface area contributed by atoms with Crippen molar-refractivity contribution < 1.29 is 18.3 Å². The third kappa shape index (κ3) is 4.32. The van der Waals surface area contributed by atoms with Crippen LogP contribution < -0.4 is 4.72 Å². The van der Waals surface area contributed by atoms with E-state index in [9.17, 15) is 13.2 Å². The number of hydrogen-bond donors (Lipinski definition) is 2. The number of nitrogens with one attached hydrogen (secondary N) is 1. The van der Waals surface area contributed by atoms with E-state index in [0.29, 0.717) is 6.54 Å². The number of nitrogens with zero attached hydrogens (tertiary/aromatic N) is 2. The summed E-state index contributed by atoms with van der Waals surface area (Å²) in [4.78, 5) is 13.3. The zero-order valence-corrected chi connectivity index (χ0v) is 15.4. The van der Waals surface area contributed by atoms with Gasteiger partial charge >= 0.3 is 5.97 Å². The van der Waals surface area contributed by atoms with Crippen LogP contribution in [0.15, 0.2) is 47.5 Å². The number of benzene rings is 1. The standard InChI is InChI=1S/C18H23N3O4S/c1-20-13-16(10-17(20)18(22)23)26(24,25)19-15-8-5-9-21(12-15)11-14-6-3-2-4-7-14/h2-4,6-7,10,13,15,19H,5,8-9,11-12H2,1H3,(H,22,23). The minimum Gasteiger partial charge on any atom is -0.477 e. The number of aromatic carboxylic acids is 1. The first kappa shape index (κ1) is 18.6. The molecule has 7 nitrogen and oxygen atoms in total. The maximum absolute atomic E-state index is 12.6. The second kappa shape index (κ2) is 7.61. The highest BCUT2D eigenvalue weighted by Crippen LogP contribution is 2.18. The zero-order valence-electron chi connectivity index (χ0n) is 14.6. The Balaban J connectivity index is 1.67. The van der Waals surface area contributed by atoms with Crippen molar-refractivity contribution in [2.75, 3.05) is 13.1 Å². The van der Waals surface area contributed by atoms with Gasteiger partial charge in [-0.05, 0) is 31.0 Å². The van der Waals surface area contributed by atoms with Crippen LogP contribution in [0.5, 0.6) is 0 Å². The molecule has 2 N–H and O–H groups in total. The summed E-state index contributed by atoms with van der Waals surface area (Å²) in [6.07, 6.45) is 3.01. The molecule has 26 heavy (non-hydrogen) atoms. The highest BCUT2D eigenvalue weighted by molar-refractivity contribution is 7.89. The number of hydrogen-bond acceptors (Lipinski definition) is 4. The summed E-state index contributed by atoms with van der Waals surface area (Å²) >= 11 is 0. The molecule has 3 rings (SSSR count). The number of likely N-dealkylation sites (tertiary alicyclic amines) is 1. The molecule has 0 radical (unpaired) electrons. The lowest BCUT2D eigenvalue weighted by Crippen LogP contribution is -2.47. The minimum atomic E-state index is -3.75. The number of aromatic nitrogens is 1. The molecule has 0 saturated carbocycles. The normalized spacial score (nSPS) is 18.7. The Kier molecular flexibility index (Phi) is 5.45. The highest BCUT2D eigenvalue weighted by Gasteiger charge is 2.27. The smallest absolute Gasteiger partial charge is 0.352 e. The molecule has 1 saturated heterocycles. The van der Waals surface area contributed by atoms with Crippen LogP contribution in [0.2, 0.25) is 0 Å². The first-order valence-electron chi connectivity index (χ1n) is 8.53. The van der Waals surface area contributed by atoms with Crippen LogP contribution in [0.3, 0.4) is 0 Å². The average molecular weight is 377 g/mol. The molecular formula is C18H23N3O4S. The SMILES string of the molecule is Cn1cc(S(=O)(=O)NC2CCCN(Cc3ccccc3)C2)cc1C(=O)O. The Labute approximate surface area is 153 Å². The van der Waals surface area contributed by atoms with Crippen LogP contribution in [-0.4, -0.2) is 48.1 Å². The van der Waals surface area contributed by atoms with E-state index < -0.39 is 16.0 Å². The van der Waals surface area contributed by atoms with E-state index >= 15 is 0 Å². The second-order valence-electron chi connectivity index (χ2n) is 6.66. The van der Waals surface area contributed by atoms with Gasteiger partial charge in [0.15, 0.2) is 0 Å². The van der Waals surface area contributed by atoms with Crippen LogP contribution in [0.25, 0.3) is 0 Å². The lowest BCUT2D eigenvalue weighted by atomic mass is 10.1. The summed E-state index contributed by atoms with van der Waals surface area (Å²) in [5.41, 5.74) is 1.14. The van der Waals surface area contributed by atoms with Gasteiger partial charge in [-0.2, -0.15) is 0 Å². The number of sulfonamides is 1. The molecule has 1 unspecified atom stereocenters. The van der Waals surface area contributed by atoms with Crippen molar-refractivity contribution in [3.05, 3.63) is 53.9 Å². The van der Waals surface area contributed by atoms with Crippen LogP contribution in [0.1, 0.15) is 28.9 Å². The second-order valence-corrected chi connectivity index (χ2v) is 8.37. The Morgan fingerprint density at radius 2 is 2.04 bits per heavy atom. The highest BCUT2D eigenvalue weighted by atomic mass is 32.2. The molecule has 1 fully saturated rings. The molecule has 0 aliphatic carbocycles. The molecule has 0 bridgehead atoms. The molecular weight excluding hydrogens is 354 g/mol. The van der Waals surface area contributed by atoms with Gasteiger partial charge in [-0.3, -0.25) is 4.90 Å². The first-order chi connectivity index (χ1) is 12.3. The van der Waals surface area contributed by atoms with E-state index in [0.717, 1.165) is 25.9 Å². The first-order valence-corrected chi connectivity index (χ1v) is 10.0. The van der Waals surface area contributed by atoms with Crippen LogP contribution >= 0.6 is 0 Å². The monoisotopic (exact) mass is 377 g/mol. The van der Waals surface area contributed by atoms with Gasteiger partial charge in [-0.25, -0.2) is 17.9 Å². The van der Waals surface area contributed by atoms with Gasteiger partial charge in [0, 0.05) is 32.4 Å². The van der Waals surface area contributed by atoms with E-state index in [1.54, 1.807) is 0 Å². The molecule has 0 spiro atoms. The zero-order chi connectivity index (χ0) is 18.7. The van der Waals surface area contributed by atoms with Crippen molar-refractivity contribution in [3.8, 4) is 0 Å². The number of aryl methyl sites for hydroxylation is 1. The number of carboxylic acid groups (broad SMARTS) is 1. The Morgan fingerprint density at radius 3 is 2.69 bits per heavy atom. The molecule has 1 aliphatic rings. The fourth-order valence-corrected chi connectivity index (χ4v) is 4.65. The van der Waals surface area contributed by atoms with Crippen molar-refractivity contribution in [2.45, 2.75) is 30.3 Å². The van der Waals surface area contributed by atoms with Gasteiger partial charge < -0.3 is 9.67 Å².